The van der Waals surface area contributed by atoms with Crippen molar-refractivity contribution >= 4 is 17.6 Å². The molecule has 0 saturated heterocycles. The van der Waals surface area contributed by atoms with E-state index in [1.165, 1.54) is 13.1 Å². The van der Waals surface area contributed by atoms with Gasteiger partial charge in [-0.05, 0) is 6.92 Å². The van der Waals surface area contributed by atoms with Gasteiger partial charge in [0.1, 0.15) is 5.01 Å². The van der Waals surface area contributed by atoms with Crippen LogP contribution in [0.15, 0.2) is 11.6 Å². The summed E-state index contributed by atoms with van der Waals surface area (Å²) in [6.07, 6.45) is 1.73. The van der Waals surface area contributed by atoms with Gasteiger partial charge in [0.05, 0.1) is 0 Å². The quantitative estimate of drug-likeness (QED) is 0.612. The van der Waals surface area contributed by atoms with Crippen LogP contribution in [0.1, 0.15) is 11.9 Å². The lowest BCUT2D eigenvalue weighted by molar-refractivity contribution is -0.117. The Hall–Kier alpha value is -0.770. The molecule has 54 valence electrons. The Kier molecular flexibility index (Phi) is 1.80. The highest BCUT2D eigenvalue weighted by molar-refractivity contribution is 7.09. The number of hydrogen-bond donors (Lipinski definition) is 0. The first-order valence-electron chi connectivity index (χ1n) is 2.72. The maximum atomic E-state index is 13.0. The summed E-state index contributed by atoms with van der Waals surface area (Å²) in [7, 11) is 0. The van der Waals surface area contributed by atoms with Crippen LogP contribution < -0.4 is 0 Å². The monoisotopic (exact) mass is 159 g/mol. The van der Waals surface area contributed by atoms with E-state index in [1.54, 1.807) is 5.38 Å². The first-order chi connectivity index (χ1) is 4.67. The van der Waals surface area contributed by atoms with Crippen LogP contribution in [0.2, 0.25) is 0 Å². The van der Waals surface area contributed by atoms with Gasteiger partial charge >= 0.3 is 0 Å². The summed E-state index contributed by atoms with van der Waals surface area (Å²) in [5.41, 5.74) is -1.91. The molecule has 1 unspecified atom stereocenters. The van der Waals surface area contributed by atoms with Crippen molar-refractivity contribution in [2.24, 2.45) is 0 Å². The minimum absolute atomic E-state index is 0.211. The maximum absolute atomic E-state index is 13.0. The molecular formula is C6H6FNOS. The Bertz CT molecular complexity index is 220. The van der Waals surface area contributed by atoms with Crippen LogP contribution >= 0.6 is 11.3 Å². The van der Waals surface area contributed by atoms with Gasteiger partial charge in [-0.1, -0.05) is 0 Å². The van der Waals surface area contributed by atoms with Gasteiger partial charge in [-0.3, -0.25) is 4.79 Å². The van der Waals surface area contributed by atoms with Crippen LogP contribution in [0.5, 0.6) is 0 Å². The molecule has 4 heteroatoms. The van der Waals surface area contributed by atoms with Gasteiger partial charge in [-0.25, -0.2) is 9.37 Å². The third kappa shape index (κ3) is 1.21. The van der Waals surface area contributed by atoms with Crippen molar-refractivity contribution in [3.05, 3.63) is 16.6 Å². The lowest BCUT2D eigenvalue weighted by atomic mass is 10.2. The summed E-state index contributed by atoms with van der Waals surface area (Å²) in [6, 6.07) is 0. The summed E-state index contributed by atoms with van der Waals surface area (Å²) >= 11 is 1.14. The van der Waals surface area contributed by atoms with Crippen LogP contribution in [0.25, 0.3) is 0 Å². The number of halogens is 1. The zero-order valence-electron chi connectivity index (χ0n) is 5.37. The number of rotatable bonds is 2. The number of aldehydes is 1. The topological polar surface area (TPSA) is 30.0 Å². The fourth-order valence-electron chi connectivity index (χ4n) is 0.515. The van der Waals surface area contributed by atoms with Crippen molar-refractivity contribution < 1.29 is 9.18 Å². The van der Waals surface area contributed by atoms with Gasteiger partial charge in [0.25, 0.3) is 0 Å². The summed E-state index contributed by atoms with van der Waals surface area (Å²) in [4.78, 5) is 13.8. The van der Waals surface area contributed by atoms with Crippen molar-refractivity contribution in [1.82, 2.24) is 4.98 Å². The molecule has 0 fully saturated rings. The minimum Gasteiger partial charge on any atom is -0.299 e. The van der Waals surface area contributed by atoms with Crippen LogP contribution in [0, 0.1) is 0 Å². The van der Waals surface area contributed by atoms with Crippen molar-refractivity contribution in [2.75, 3.05) is 0 Å². The number of hydrogen-bond acceptors (Lipinski definition) is 3. The molecule has 0 aliphatic heterocycles. The molecule has 10 heavy (non-hydrogen) atoms. The van der Waals surface area contributed by atoms with E-state index in [2.05, 4.69) is 4.98 Å². The molecule has 0 amide bonds. The van der Waals surface area contributed by atoms with Crippen LogP contribution in [-0.2, 0) is 10.5 Å². The molecule has 1 aromatic heterocycles. The normalized spacial score (nSPS) is 16.2. The molecule has 0 bridgehead atoms. The summed E-state index contributed by atoms with van der Waals surface area (Å²) in [5.74, 6) is 0. The van der Waals surface area contributed by atoms with Gasteiger partial charge in [0.15, 0.2) is 6.29 Å². The Balaban J connectivity index is 2.95. The van der Waals surface area contributed by atoms with Crippen LogP contribution in [0.3, 0.4) is 0 Å². The first kappa shape index (κ1) is 7.34. The highest BCUT2D eigenvalue weighted by atomic mass is 32.1. The highest BCUT2D eigenvalue weighted by Crippen LogP contribution is 2.24. The predicted molar refractivity (Wildman–Crippen MR) is 36.6 cm³/mol. The lowest BCUT2D eigenvalue weighted by Gasteiger charge is -2.06. The van der Waals surface area contributed by atoms with Crippen LogP contribution in [0.4, 0.5) is 4.39 Å². The van der Waals surface area contributed by atoms with E-state index >= 15 is 0 Å². The van der Waals surface area contributed by atoms with Crippen molar-refractivity contribution in [3.63, 3.8) is 0 Å². The molecule has 0 aliphatic carbocycles. The second-order valence-electron chi connectivity index (χ2n) is 2.03. The highest BCUT2D eigenvalue weighted by Gasteiger charge is 2.27. The molecule has 0 radical (unpaired) electrons. The van der Waals surface area contributed by atoms with Crippen molar-refractivity contribution in [3.8, 4) is 0 Å². The predicted octanol–water partition coefficient (Wildman–Crippen LogP) is 1.53. The van der Waals surface area contributed by atoms with Gasteiger partial charge in [-0.15, -0.1) is 11.3 Å². The second kappa shape index (κ2) is 2.46. The number of alkyl halides is 1. The molecule has 1 heterocycles. The molecular weight excluding hydrogens is 153 g/mol. The molecule has 1 atom stereocenters. The molecule has 0 aliphatic rings. The largest absolute Gasteiger partial charge is 0.299 e. The number of thiazole rings is 1. The van der Waals surface area contributed by atoms with Gasteiger partial charge in [0, 0.05) is 11.6 Å². The van der Waals surface area contributed by atoms with E-state index in [0.29, 0.717) is 0 Å². The average Bonchev–Trinajstić information content (AvgIpc) is 2.38. The van der Waals surface area contributed by atoms with Crippen molar-refractivity contribution in [1.29, 1.82) is 0 Å². The van der Waals surface area contributed by atoms with E-state index in [9.17, 15) is 9.18 Å². The van der Waals surface area contributed by atoms with E-state index < -0.39 is 5.67 Å². The first-order valence-corrected chi connectivity index (χ1v) is 3.60. The Labute approximate surface area is 61.7 Å². The van der Waals surface area contributed by atoms with E-state index in [-0.39, 0.29) is 11.3 Å². The van der Waals surface area contributed by atoms with Gasteiger partial charge in [0.2, 0.25) is 5.67 Å². The molecule has 0 aromatic carbocycles. The number of carbonyl (C=O) groups excluding carboxylic acids is 1. The Morgan fingerprint density at radius 2 is 2.60 bits per heavy atom. The van der Waals surface area contributed by atoms with Crippen LogP contribution in [-0.4, -0.2) is 11.3 Å². The fraction of sp³-hybridized carbons (Fsp3) is 0.333. The standard InChI is InChI=1S/C6H6FNOS/c1-6(7,4-9)5-8-2-3-10-5/h2-4H,1H3. The van der Waals surface area contributed by atoms with E-state index in [1.807, 2.05) is 0 Å². The minimum atomic E-state index is -1.91. The Morgan fingerprint density at radius 3 is 3.00 bits per heavy atom. The SMILES string of the molecule is CC(F)(C=O)c1nccs1. The summed E-state index contributed by atoms with van der Waals surface area (Å²) in [5, 5.41) is 1.85. The second-order valence-corrected chi connectivity index (χ2v) is 2.93. The molecule has 1 rings (SSSR count). The number of nitrogens with zero attached hydrogens (tertiary/aromatic N) is 1. The summed E-state index contributed by atoms with van der Waals surface area (Å²) < 4.78 is 13.0. The molecule has 0 spiro atoms. The lowest BCUT2D eigenvalue weighted by Crippen LogP contribution is -2.15. The molecule has 0 N–H and O–H groups in total. The fourth-order valence-corrected chi connectivity index (χ4v) is 1.17. The molecule has 2 nitrogen and oxygen atoms in total. The zero-order chi connectivity index (χ0) is 7.61. The average molecular weight is 159 g/mol. The number of carbonyl (C=O) groups is 1. The van der Waals surface area contributed by atoms with Crippen molar-refractivity contribution in [2.45, 2.75) is 12.6 Å². The molecule has 0 saturated carbocycles. The van der Waals surface area contributed by atoms with Gasteiger partial charge in [-0.2, -0.15) is 0 Å². The third-order valence-corrected chi connectivity index (χ3v) is 2.06. The van der Waals surface area contributed by atoms with Gasteiger partial charge < -0.3 is 0 Å². The number of aromatic nitrogens is 1. The summed E-state index contributed by atoms with van der Waals surface area (Å²) in [6.45, 7) is 1.19. The Morgan fingerprint density at radius 1 is 1.90 bits per heavy atom. The smallest absolute Gasteiger partial charge is 0.213 e. The maximum Gasteiger partial charge on any atom is 0.213 e. The zero-order valence-corrected chi connectivity index (χ0v) is 6.19. The van der Waals surface area contributed by atoms with E-state index in [0.717, 1.165) is 11.3 Å². The molecule has 1 aromatic rings. The van der Waals surface area contributed by atoms with E-state index in [4.69, 9.17) is 0 Å². The third-order valence-electron chi connectivity index (χ3n) is 1.07.